The highest BCUT2D eigenvalue weighted by molar-refractivity contribution is 5.98. The van der Waals surface area contributed by atoms with Gasteiger partial charge in [-0.2, -0.15) is 5.10 Å². The molecule has 3 rings (SSSR count). The van der Waals surface area contributed by atoms with Gasteiger partial charge in [-0.1, -0.05) is 6.07 Å². The number of ether oxygens (including phenoxy) is 1. The van der Waals surface area contributed by atoms with E-state index in [9.17, 15) is 18.4 Å². The number of H-pyrrole nitrogens is 1. The van der Waals surface area contributed by atoms with Gasteiger partial charge in [0.2, 0.25) is 0 Å². The summed E-state index contributed by atoms with van der Waals surface area (Å²) in [6.45, 7) is 1.63. The van der Waals surface area contributed by atoms with Gasteiger partial charge in [0.05, 0.1) is 24.1 Å². The predicted molar refractivity (Wildman–Crippen MR) is 96.8 cm³/mol. The molecule has 2 heterocycles. The van der Waals surface area contributed by atoms with E-state index in [0.29, 0.717) is 16.5 Å². The molecule has 1 unspecified atom stereocenters. The number of aromatic amines is 1. The van der Waals surface area contributed by atoms with Crippen LogP contribution in [0, 0.1) is 11.6 Å². The van der Waals surface area contributed by atoms with Crippen LogP contribution < -0.4 is 16.0 Å². The maximum Gasteiger partial charge on any atom is 0.412 e. The number of anilines is 2. The van der Waals surface area contributed by atoms with Crippen LogP contribution in [0.3, 0.4) is 0 Å². The van der Waals surface area contributed by atoms with E-state index in [4.69, 9.17) is 0 Å². The van der Waals surface area contributed by atoms with Crippen LogP contribution in [0.4, 0.5) is 30.0 Å². The lowest BCUT2D eigenvalue weighted by Gasteiger charge is -2.15. The number of nitrogens with one attached hydrogen (secondary N) is 4. The van der Waals surface area contributed by atoms with Crippen LogP contribution >= 0.6 is 0 Å². The highest BCUT2D eigenvalue weighted by atomic mass is 19.2. The first-order valence-electron chi connectivity index (χ1n) is 8.09. The Morgan fingerprint density at radius 3 is 2.68 bits per heavy atom. The van der Waals surface area contributed by atoms with Crippen molar-refractivity contribution in [3.8, 4) is 0 Å². The largest absolute Gasteiger partial charge is 0.453 e. The van der Waals surface area contributed by atoms with Crippen molar-refractivity contribution in [1.82, 2.24) is 20.5 Å². The van der Waals surface area contributed by atoms with Gasteiger partial charge in [0, 0.05) is 12.3 Å². The van der Waals surface area contributed by atoms with Gasteiger partial charge in [-0.25, -0.2) is 23.4 Å². The Morgan fingerprint density at radius 2 is 1.96 bits per heavy atom. The Kier molecular flexibility index (Phi) is 5.34. The molecule has 146 valence electrons. The first kappa shape index (κ1) is 19.0. The van der Waals surface area contributed by atoms with Crippen molar-refractivity contribution in [1.29, 1.82) is 0 Å². The van der Waals surface area contributed by atoms with Crippen molar-refractivity contribution in [2.45, 2.75) is 13.0 Å². The van der Waals surface area contributed by atoms with Gasteiger partial charge in [-0.15, -0.1) is 0 Å². The summed E-state index contributed by atoms with van der Waals surface area (Å²) in [5.41, 5.74) is 0.926. The van der Waals surface area contributed by atoms with E-state index in [1.54, 1.807) is 6.92 Å². The van der Waals surface area contributed by atoms with Crippen LogP contribution in [0.15, 0.2) is 30.5 Å². The number of methoxy groups -OCH3 is 1. The van der Waals surface area contributed by atoms with E-state index in [1.165, 1.54) is 25.4 Å². The van der Waals surface area contributed by atoms with Gasteiger partial charge < -0.3 is 10.1 Å². The maximum atomic E-state index is 13.3. The molecule has 0 aliphatic heterocycles. The minimum Gasteiger partial charge on any atom is -0.453 e. The van der Waals surface area contributed by atoms with E-state index < -0.39 is 29.8 Å². The van der Waals surface area contributed by atoms with Gasteiger partial charge in [0.1, 0.15) is 5.82 Å². The van der Waals surface area contributed by atoms with Crippen LogP contribution in [0.5, 0.6) is 0 Å². The van der Waals surface area contributed by atoms with Crippen molar-refractivity contribution in [3.05, 3.63) is 47.7 Å². The summed E-state index contributed by atoms with van der Waals surface area (Å²) < 4.78 is 30.8. The molecule has 3 aromatic rings. The second-order valence-corrected chi connectivity index (χ2v) is 5.80. The van der Waals surface area contributed by atoms with E-state index in [1.807, 2.05) is 0 Å². The number of hydrogen-bond acceptors (Lipinski definition) is 5. The smallest absolute Gasteiger partial charge is 0.412 e. The number of benzene rings is 1. The number of carbonyl (C=O) groups excluding carboxylic acids is 2. The normalized spacial score (nSPS) is 11.7. The Balaban J connectivity index is 1.67. The third kappa shape index (κ3) is 4.14. The average molecular weight is 390 g/mol. The second kappa shape index (κ2) is 7.86. The van der Waals surface area contributed by atoms with Gasteiger partial charge in [-0.05, 0) is 24.6 Å². The molecule has 4 N–H and O–H groups in total. The topological polar surface area (TPSA) is 121 Å². The number of amides is 3. The molecule has 11 heteroatoms. The average Bonchev–Trinajstić information content (AvgIpc) is 3.05. The summed E-state index contributed by atoms with van der Waals surface area (Å²) in [5, 5.41) is 14.7. The van der Waals surface area contributed by atoms with Crippen LogP contribution in [0.25, 0.3) is 10.9 Å². The number of carbonyl (C=O) groups is 2. The number of aromatic nitrogens is 3. The predicted octanol–water partition coefficient (Wildman–Crippen LogP) is 3.30. The molecule has 0 aliphatic rings. The third-order valence-electron chi connectivity index (χ3n) is 3.89. The van der Waals surface area contributed by atoms with Crippen molar-refractivity contribution in [2.24, 2.45) is 0 Å². The number of urea groups is 1. The summed E-state index contributed by atoms with van der Waals surface area (Å²) in [6, 6.07) is 3.76. The Bertz CT molecular complexity index is 1040. The summed E-state index contributed by atoms with van der Waals surface area (Å²) in [5.74, 6) is -1.50. The quantitative estimate of drug-likeness (QED) is 0.545. The number of fused-ring (bicyclic) bond motifs is 1. The highest BCUT2D eigenvalue weighted by Gasteiger charge is 2.14. The fourth-order valence-electron chi connectivity index (χ4n) is 2.44. The molecule has 0 radical (unpaired) electrons. The van der Waals surface area contributed by atoms with Crippen LogP contribution in [0.1, 0.15) is 18.5 Å². The fraction of sp³-hybridized carbons (Fsp3) is 0.176. The van der Waals surface area contributed by atoms with Gasteiger partial charge >= 0.3 is 12.1 Å². The van der Waals surface area contributed by atoms with E-state index >= 15 is 0 Å². The molecule has 28 heavy (non-hydrogen) atoms. The molecule has 9 nitrogen and oxygen atoms in total. The molecule has 0 spiro atoms. The second-order valence-electron chi connectivity index (χ2n) is 5.80. The number of halogens is 2. The van der Waals surface area contributed by atoms with Crippen LogP contribution in [-0.2, 0) is 4.74 Å². The number of pyridine rings is 1. The number of hydrogen-bond donors (Lipinski definition) is 4. The van der Waals surface area contributed by atoms with E-state index in [-0.39, 0.29) is 11.6 Å². The Labute approximate surface area is 157 Å². The molecule has 1 atom stereocenters. The zero-order chi connectivity index (χ0) is 20.3. The Hall–Kier alpha value is -3.76. The molecule has 0 fully saturated rings. The van der Waals surface area contributed by atoms with Crippen molar-refractivity contribution in [3.63, 3.8) is 0 Å². The summed E-state index contributed by atoms with van der Waals surface area (Å²) in [7, 11) is 1.23. The molecule has 0 aliphatic carbocycles. The monoisotopic (exact) mass is 390 g/mol. The van der Waals surface area contributed by atoms with E-state index in [0.717, 1.165) is 12.1 Å². The number of rotatable bonds is 4. The zero-order valence-electron chi connectivity index (χ0n) is 14.8. The first-order valence-corrected chi connectivity index (χ1v) is 8.09. The maximum absolute atomic E-state index is 13.3. The standard InChI is InChI=1S/C17H16F2N6O3/c1-8(9-3-4-11(18)12(19)5-9)21-16(26)22-14-6-13-10(7-20-14)15(25-24-13)23-17(27)28-2/h3-8H,1-2H3,(H2,20,21,22,26)(H2,23,24,25,27). The molecule has 3 amide bonds. The van der Waals surface area contributed by atoms with Gasteiger partial charge in [0.25, 0.3) is 0 Å². The molecular formula is C17H16F2N6O3. The van der Waals surface area contributed by atoms with Crippen LogP contribution in [-0.4, -0.2) is 34.4 Å². The lowest BCUT2D eigenvalue weighted by Crippen LogP contribution is -2.31. The third-order valence-corrected chi connectivity index (χ3v) is 3.89. The molecule has 2 aromatic heterocycles. The fourth-order valence-corrected chi connectivity index (χ4v) is 2.44. The first-order chi connectivity index (χ1) is 13.4. The SMILES string of the molecule is COC(=O)Nc1n[nH]c2cc(NC(=O)NC(C)c3ccc(F)c(F)c3)ncc12. The summed E-state index contributed by atoms with van der Waals surface area (Å²) in [4.78, 5) is 27.5. The lowest BCUT2D eigenvalue weighted by molar-refractivity contribution is 0.187. The minimum absolute atomic E-state index is 0.218. The molecule has 0 saturated carbocycles. The molecule has 0 saturated heterocycles. The van der Waals surface area contributed by atoms with Gasteiger partial charge in [-0.3, -0.25) is 15.7 Å². The zero-order valence-corrected chi connectivity index (χ0v) is 14.8. The molecule has 1 aromatic carbocycles. The Morgan fingerprint density at radius 1 is 1.18 bits per heavy atom. The van der Waals surface area contributed by atoms with Crippen molar-refractivity contribution < 1.29 is 23.1 Å². The van der Waals surface area contributed by atoms with Crippen LogP contribution in [0.2, 0.25) is 0 Å². The minimum atomic E-state index is -0.991. The van der Waals surface area contributed by atoms with E-state index in [2.05, 4.69) is 35.9 Å². The number of nitrogens with zero attached hydrogens (tertiary/aromatic N) is 2. The molecular weight excluding hydrogens is 374 g/mol. The summed E-state index contributed by atoms with van der Waals surface area (Å²) in [6.07, 6.45) is 0.736. The van der Waals surface area contributed by atoms with Crippen molar-refractivity contribution in [2.75, 3.05) is 17.7 Å². The molecule has 0 bridgehead atoms. The highest BCUT2D eigenvalue weighted by Crippen LogP contribution is 2.22. The summed E-state index contributed by atoms with van der Waals surface area (Å²) >= 11 is 0. The van der Waals surface area contributed by atoms with Crippen molar-refractivity contribution >= 4 is 34.7 Å². The lowest BCUT2D eigenvalue weighted by atomic mass is 10.1. The van der Waals surface area contributed by atoms with Gasteiger partial charge in [0.15, 0.2) is 17.5 Å².